The zero-order valence-electron chi connectivity index (χ0n) is 10.4. The summed E-state index contributed by atoms with van der Waals surface area (Å²) in [6, 6.07) is 0. The van der Waals surface area contributed by atoms with Gasteiger partial charge in [-0.1, -0.05) is 19.4 Å². The predicted octanol–water partition coefficient (Wildman–Crippen LogP) is 1.85. The van der Waals surface area contributed by atoms with Crippen molar-refractivity contribution in [2.75, 3.05) is 0 Å². The molecule has 1 rings (SSSR count). The van der Waals surface area contributed by atoms with Crippen LogP contribution in [0.5, 0.6) is 0 Å². The van der Waals surface area contributed by atoms with E-state index in [1.54, 1.807) is 10.8 Å². The Morgan fingerprint density at radius 1 is 1.35 bits per heavy atom. The largest absolute Gasteiger partial charge is 0.328 e. The number of nitrogens with zero attached hydrogens (tertiary/aromatic N) is 1. The van der Waals surface area contributed by atoms with E-state index in [-0.39, 0.29) is 11.2 Å². The van der Waals surface area contributed by atoms with E-state index >= 15 is 0 Å². The summed E-state index contributed by atoms with van der Waals surface area (Å²) >= 11 is 0. The number of allylic oxidation sites excluding steroid dienone is 1. The van der Waals surface area contributed by atoms with Gasteiger partial charge in [0, 0.05) is 18.3 Å². The van der Waals surface area contributed by atoms with Crippen molar-refractivity contribution >= 4 is 0 Å². The van der Waals surface area contributed by atoms with Crippen LogP contribution >= 0.6 is 0 Å². The van der Waals surface area contributed by atoms with Gasteiger partial charge < -0.3 is 4.57 Å². The highest BCUT2D eigenvalue weighted by Crippen LogP contribution is 2.01. The number of hydrogen-bond acceptors (Lipinski definition) is 2. The first-order valence-corrected chi connectivity index (χ1v) is 6.12. The second kappa shape index (κ2) is 6.89. The van der Waals surface area contributed by atoms with E-state index in [1.165, 1.54) is 0 Å². The topological polar surface area (TPSA) is 54.9 Å². The number of aryl methyl sites for hydroxylation is 2. The molecule has 0 fully saturated rings. The first-order valence-electron chi connectivity index (χ1n) is 6.12. The SMILES string of the molecule is C=CCCCCCn1cc(CC)c(=O)[nH]c1=O. The molecule has 94 valence electrons. The maximum absolute atomic E-state index is 11.5. The lowest BCUT2D eigenvalue weighted by Crippen LogP contribution is -2.31. The predicted molar refractivity (Wildman–Crippen MR) is 69.4 cm³/mol. The molecule has 0 aliphatic heterocycles. The Bertz CT molecular complexity index is 471. The van der Waals surface area contributed by atoms with Gasteiger partial charge in [-0.05, 0) is 25.7 Å². The van der Waals surface area contributed by atoms with E-state index in [1.807, 2.05) is 13.0 Å². The zero-order chi connectivity index (χ0) is 12.7. The lowest BCUT2D eigenvalue weighted by atomic mass is 10.2. The molecule has 1 N–H and O–H groups in total. The minimum Gasteiger partial charge on any atom is -0.300 e. The van der Waals surface area contributed by atoms with Crippen LogP contribution in [0, 0.1) is 0 Å². The van der Waals surface area contributed by atoms with Gasteiger partial charge in [0.05, 0.1) is 0 Å². The van der Waals surface area contributed by atoms with Crippen LogP contribution in [0.15, 0.2) is 28.4 Å². The van der Waals surface area contributed by atoms with Crippen molar-refractivity contribution in [1.29, 1.82) is 0 Å². The van der Waals surface area contributed by atoms with Crippen molar-refractivity contribution < 1.29 is 0 Å². The molecule has 0 unspecified atom stereocenters. The van der Waals surface area contributed by atoms with Crippen molar-refractivity contribution in [2.45, 2.75) is 45.6 Å². The summed E-state index contributed by atoms with van der Waals surface area (Å²) in [6.45, 7) is 6.24. The van der Waals surface area contributed by atoms with E-state index < -0.39 is 0 Å². The van der Waals surface area contributed by atoms with Crippen molar-refractivity contribution in [2.24, 2.45) is 0 Å². The first-order chi connectivity index (χ1) is 8.19. The average Bonchev–Trinajstić information content (AvgIpc) is 2.31. The van der Waals surface area contributed by atoms with Gasteiger partial charge in [0.2, 0.25) is 0 Å². The lowest BCUT2D eigenvalue weighted by molar-refractivity contribution is 0.563. The van der Waals surface area contributed by atoms with Crippen LogP contribution in [0.2, 0.25) is 0 Å². The number of aromatic nitrogens is 2. The molecule has 0 aliphatic carbocycles. The number of rotatable bonds is 7. The molecule has 0 radical (unpaired) electrons. The second-order valence-electron chi connectivity index (χ2n) is 4.10. The first kappa shape index (κ1) is 13.5. The van der Waals surface area contributed by atoms with Gasteiger partial charge in [0.1, 0.15) is 0 Å². The third-order valence-corrected chi connectivity index (χ3v) is 2.77. The van der Waals surface area contributed by atoms with Crippen LogP contribution in [0.25, 0.3) is 0 Å². The molecule has 0 aromatic carbocycles. The number of nitrogens with one attached hydrogen (secondary N) is 1. The molecule has 0 saturated heterocycles. The van der Waals surface area contributed by atoms with Crippen molar-refractivity contribution in [3.63, 3.8) is 0 Å². The summed E-state index contributed by atoms with van der Waals surface area (Å²) in [4.78, 5) is 25.2. The highest BCUT2D eigenvalue weighted by molar-refractivity contribution is 5.03. The van der Waals surface area contributed by atoms with Crippen LogP contribution in [-0.2, 0) is 13.0 Å². The maximum atomic E-state index is 11.5. The summed E-state index contributed by atoms with van der Waals surface area (Å²) in [5.74, 6) is 0. The fourth-order valence-corrected chi connectivity index (χ4v) is 1.72. The fourth-order valence-electron chi connectivity index (χ4n) is 1.72. The van der Waals surface area contributed by atoms with Crippen molar-refractivity contribution in [3.8, 4) is 0 Å². The van der Waals surface area contributed by atoms with Gasteiger partial charge in [-0.15, -0.1) is 6.58 Å². The van der Waals surface area contributed by atoms with Crippen LogP contribution in [0.4, 0.5) is 0 Å². The third kappa shape index (κ3) is 4.06. The summed E-state index contributed by atoms with van der Waals surface area (Å²) < 4.78 is 1.59. The molecule has 4 nitrogen and oxygen atoms in total. The van der Waals surface area contributed by atoms with E-state index in [0.717, 1.165) is 25.7 Å². The summed E-state index contributed by atoms with van der Waals surface area (Å²) in [5, 5.41) is 0. The second-order valence-corrected chi connectivity index (χ2v) is 4.10. The van der Waals surface area contributed by atoms with Gasteiger partial charge in [-0.2, -0.15) is 0 Å². The number of hydrogen-bond donors (Lipinski definition) is 1. The van der Waals surface area contributed by atoms with Gasteiger partial charge in [-0.25, -0.2) is 4.79 Å². The Kier molecular flexibility index (Phi) is 5.46. The maximum Gasteiger partial charge on any atom is 0.328 e. The molecule has 4 heteroatoms. The minimum absolute atomic E-state index is 0.264. The van der Waals surface area contributed by atoms with Gasteiger partial charge in [-0.3, -0.25) is 9.78 Å². The van der Waals surface area contributed by atoms with E-state index in [2.05, 4.69) is 11.6 Å². The molecule has 1 heterocycles. The molecule has 0 amide bonds. The van der Waals surface area contributed by atoms with Crippen LogP contribution < -0.4 is 11.2 Å². The number of unbranched alkanes of at least 4 members (excludes halogenated alkanes) is 3. The zero-order valence-corrected chi connectivity index (χ0v) is 10.4. The van der Waals surface area contributed by atoms with E-state index in [0.29, 0.717) is 18.5 Å². The molecule has 0 aliphatic rings. The Morgan fingerprint density at radius 3 is 2.76 bits per heavy atom. The van der Waals surface area contributed by atoms with Crippen molar-refractivity contribution in [3.05, 3.63) is 45.3 Å². The van der Waals surface area contributed by atoms with Crippen LogP contribution in [0.1, 0.15) is 38.2 Å². The molecule has 0 atom stereocenters. The molecule has 0 spiro atoms. The number of aromatic amines is 1. The third-order valence-electron chi connectivity index (χ3n) is 2.77. The summed E-state index contributed by atoms with van der Waals surface area (Å²) in [5.41, 5.74) is 0.0898. The molecule has 0 bridgehead atoms. The van der Waals surface area contributed by atoms with Crippen LogP contribution in [0.3, 0.4) is 0 Å². The molecule has 0 saturated carbocycles. The quantitative estimate of drug-likeness (QED) is 0.580. The summed E-state index contributed by atoms with van der Waals surface area (Å²) in [6.07, 6.45) is 8.35. The standard InChI is InChI=1S/C13H20N2O2/c1-3-5-6-7-8-9-15-10-11(4-2)12(16)14-13(15)17/h3,10H,1,4-9H2,2H3,(H,14,16,17). The summed E-state index contributed by atoms with van der Waals surface area (Å²) in [7, 11) is 0. The monoisotopic (exact) mass is 236 g/mol. The van der Waals surface area contributed by atoms with E-state index in [4.69, 9.17) is 0 Å². The van der Waals surface area contributed by atoms with Gasteiger partial charge in [0.15, 0.2) is 0 Å². The van der Waals surface area contributed by atoms with Gasteiger partial charge in [0.25, 0.3) is 5.56 Å². The Morgan fingerprint density at radius 2 is 2.12 bits per heavy atom. The van der Waals surface area contributed by atoms with E-state index in [9.17, 15) is 9.59 Å². The van der Waals surface area contributed by atoms with Gasteiger partial charge >= 0.3 is 5.69 Å². The molecular weight excluding hydrogens is 216 g/mol. The molecule has 1 aromatic rings. The molecule has 1 aromatic heterocycles. The van der Waals surface area contributed by atoms with Crippen LogP contribution in [-0.4, -0.2) is 9.55 Å². The Balaban J connectivity index is 2.62. The minimum atomic E-state index is -0.309. The fraction of sp³-hybridized carbons (Fsp3) is 0.538. The normalized spacial score (nSPS) is 10.4. The average molecular weight is 236 g/mol. The molecular formula is C13H20N2O2. The lowest BCUT2D eigenvalue weighted by Gasteiger charge is -2.06. The number of H-pyrrole nitrogens is 1. The highest BCUT2D eigenvalue weighted by Gasteiger charge is 2.02. The highest BCUT2D eigenvalue weighted by atomic mass is 16.2. The van der Waals surface area contributed by atoms with Crippen molar-refractivity contribution in [1.82, 2.24) is 9.55 Å². The molecule has 17 heavy (non-hydrogen) atoms. The smallest absolute Gasteiger partial charge is 0.300 e. The Labute approximate surface area is 101 Å². The Hall–Kier alpha value is -1.58.